The molecule has 0 spiro atoms. The number of nitrogens with two attached hydrogens (primary N) is 1. The number of carbonyl (C=O) groups excluding carboxylic acids is 1. The highest BCUT2D eigenvalue weighted by molar-refractivity contribution is 5.86. The van der Waals surface area contributed by atoms with E-state index in [0.29, 0.717) is 17.9 Å². The van der Waals surface area contributed by atoms with Crippen LogP contribution in [0, 0.1) is 11.8 Å². The van der Waals surface area contributed by atoms with Crippen molar-refractivity contribution >= 4 is 5.91 Å². The minimum atomic E-state index is -0.519. The fourth-order valence-electron chi connectivity index (χ4n) is 4.42. The topological polar surface area (TPSA) is 55.1 Å². The lowest BCUT2D eigenvalue weighted by Crippen LogP contribution is -2.64. The van der Waals surface area contributed by atoms with Gasteiger partial charge in [0.1, 0.15) is 5.54 Å². The van der Waals surface area contributed by atoms with E-state index in [0.717, 1.165) is 32.1 Å². The van der Waals surface area contributed by atoms with Gasteiger partial charge in [0.25, 0.3) is 0 Å². The van der Waals surface area contributed by atoms with Gasteiger partial charge in [0.05, 0.1) is 0 Å². The summed E-state index contributed by atoms with van der Waals surface area (Å²) < 4.78 is 0. The molecule has 2 bridgehead atoms. The molecule has 2 aliphatic carbocycles. The van der Waals surface area contributed by atoms with Crippen LogP contribution in [0.4, 0.5) is 0 Å². The normalized spacial score (nSPS) is 32.3. The van der Waals surface area contributed by atoms with Crippen molar-refractivity contribution < 1.29 is 4.79 Å². The van der Waals surface area contributed by atoms with Crippen LogP contribution >= 0.6 is 0 Å². The van der Waals surface area contributed by atoms with Gasteiger partial charge in [0.2, 0.25) is 5.91 Å². The second kappa shape index (κ2) is 5.45. The van der Waals surface area contributed by atoms with Gasteiger partial charge in [0.15, 0.2) is 0 Å². The fourth-order valence-corrected chi connectivity index (χ4v) is 4.42. The number of hydrogen-bond donors (Lipinski definition) is 2. The minimum absolute atomic E-state index is 0.150. The molecule has 3 rings (SSSR count). The molecule has 114 valence electrons. The largest absolute Gasteiger partial charge is 0.368 e. The summed E-state index contributed by atoms with van der Waals surface area (Å²) >= 11 is 0. The van der Waals surface area contributed by atoms with Gasteiger partial charge in [0, 0.05) is 6.04 Å². The molecular weight excluding hydrogens is 260 g/mol. The van der Waals surface area contributed by atoms with Crippen molar-refractivity contribution in [1.82, 2.24) is 5.32 Å². The first-order valence-corrected chi connectivity index (χ1v) is 8.22. The molecule has 3 atom stereocenters. The first kappa shape index (κ1) is 14.6. The lowest BCUT2D eigenvalue weighted by Gasteiger charge is -2.39. The van der Waals surface area contributed by atoms with E-state index in [4.69, 9.17) is 5.73 Å². The average molecular weight is 286 g/mol. The molecule has 3 nitrogen and oxygen atoms in total. The van der Waals surface area contributed by atoms with Crippen LogP contribution in [0.25, 0.3) is 0 Å². The van der Waals surface area contributed by atoms with Crippen LogP contribution in [0.3, 0.4) is 0 Å². The van der Waals surface area contributed by atoms with Crippen LogP contribution in [0.2, 0.25) is 0 Å². The number of fused-ring (bicyclic) bond motifs is 3. The Bertz CT molecular complexity index is 507. The SMILES string of the molecule is CCC(C)NC1(C(N)=O)C2CCC1Cc1ccccc1C2. The summed E-state index contributed by atoms with van der Waals surface area (Å²) in [6.45, 7) is 4.31. The fraction of sp³-hybridized carbons (Fsp3) is 0.611. The molecule has 0 saturated heterocycles. The number of benzene rings is 1. The second-order valence-corrected chi connectivity index (χ2v) is 6.84. The highest BCUT2D eigenvalue weighted by Crippen LogP contribution is 2.47. The molecule has 1 aromatic carbocycles. The summed E-state index contributed by atoms with van der Waals surface area (Å²) in [5.41, 5.74) is 8.22. The Balaban J connectivity index is 2.01. The number of primary amides is 1. The smallest absolute Gasteiger partial charge is 0.238 e. The maximum Gasteiger partial charge on any atom is 0.238 e. The van der Waals surface area contributed by atoms with Gasteiger partial charge in [-0.3, -0.25) is 4.79 Å². The van der Waals surface area contributed by atoms with E-state index in [1.165, 1.54) is 11.1 Å². The van der Waals surface area contributed by atoms with Crippen LogP contribution in [0.1, 0.15) is 44.2 Å². The summed E-state index contributed by atoms with van der Waals surface area (Å²) in [7, 11) is 0. The van der Waals surface area contributed by atoms with E-state index in [1.807, 2.05) is 0 Å². The quantitative estimate of drug-likeness (QED) is 0.893. The predicted octanol–water partition coefficient (Wildman–Crippen LogP) is 2.42. The lowest BCUT2D eigenvalue weighted by atomic mass is 9.77. The molecule has 1 saturated carbocycles. The first-order valence-electron chi connectivity index (χ1n) is 8.22. The first-order chi connectivity index (χ1) is 10.1. The molecule has 1 fully saturated rings. The van der Waals surface area contributed by atoms with Crippen LogP contribution in [0.15, 0.2) is 24.3 Å². The molecule has 3 unspecified atom stereocenters. The molecule has 0 aliphatic heterocycles. The van der Waals surface area contributed by atoms with Gasteiger partial charge in [-0.2, -0.15) is 0 Å². The van der Waals surface area contributed by atoms with Gasteiger partial charge in [-0.05, 0) is 62.0 Å². The Labute approximate surface area is 127 Å². The summed E-state index contributed by atoms with van der Waals surface area (Å²) in [4.78, 5) is 12.5. The van der Waals surface area contributed by atoms with Crippen molar-refractivity contribution in [3.8, 4) is 0 Å². The van der Waals surface area contributed by atoms with E-state index in [-0.39, 0.29) is 5.91 Å². The number of amides is 1. The van der Waals surface area contributed by atoms with Crippen molar-refractivity contribution in [2.45, 2.75) is 57.5 Å². The van der Waals surface area contributed by atoms with Crippen molar-refractivity contribution in [3.63, 3.8) is 0 Å². The number of nitrogens with one attached hydrogen (secondary N) is 1. The zero-order chi connectivity index (χ0) is 15.0. The highest BCUT2D eigenvalue weighted by Gasteiger charge is 2.55. The van der Waals surface area contributed by atoms with Gasteiger partial charge in [-0.25, -0.2) is 0 Å². The lowest BCUT2D eigenvalue weighted by molar-refractivity contribution is -0.128. The van der Waals surface area contributed by atoms with Gasteiger partial charge < -0.3 is 11.1 Å². The standard InChI is InChI=1S/C18H26N2O/c1-3-12(2)20-18(17(19)21)15-8-9-16(18)11-14-7-5-4-6-13(14)10-15/h4-7,12,15-16,20H,3,8-11H2,1-2H3,(H2,19,21). The van der Waals surface area contributed by atoms with Crippen LogP contribution < -0.4 is 11.1 Å². The van der Waals surface area contributed by atoms with Gasteiger partial charge in [-0.15, -0.1) is 0 Å². The van der Waals surface area contributed by atoms with Crippen LogP contribution in [-0.4, -0.2) is 17.5 Å². The van der Waals surface area contributed by atoms with E-state index in [9.17, 15) is 4.79 Å². The third kappa shape index (κ3) is 2.28. The Hall–Kier alpha value is -1.35. The molecule has 21 heavy (non-hydrogen) atoms. The monoisotopic (exact) mass is 286 g/mol. The molecular formula is C18H26N2O. The van der Waals surface area contributed by atoms with E-state index >= 15 is 0 Å². The summed E-state index contributed by atoms with van der Waals surface area (Å²) in [6.07, 6.45) is 5.16. The Morgan fingerprint density at radius 2 is 1.81 bits per heavy atom. The van der Waals surface area contributed by atoms with E-state index < -0.39 is 5.54 Å². The number of carbonyl (C=O) groups is 1. The van der Waals surface area contributed by atoms with E-state index in [1.54, 1.807) is 0 Å². The molecule has 1 aromatic rings. The van der Waals surface area contributed by atoms with Crippen molar-refractivity contribution in [2.24, 2.45) is 17.6 Å². The maximum absolute atomic E-state index is 12.5. The molecule has 0 aromatic heterocycles. The third-order valence-electron chi connectivity index (χ3n) is 5.71. The Kier molecular flexibility index (Phi) is 3.78. The predicted molar refractivity (Wildman–Crippen MR) is 84.9 cm³/mol. The number of rotatable bonds is 4. The zero-order valence-electron chi connectivity index (χ0n) is 13.1. The molecule has 1 amide bonds. The molecule has 3 heteroatoms. The molecule has 2 aliphatic rings. The average Bonchev–Trinajstić information content (AvgIpc) is 2.71. The summed E-state index contributed by atoms with van der Waals surface area (Å²) in [5, 5.41) is 3.64. The second-order valence-electron chi connectivity index (χ2n) is 6.84. The summed E-state index contributed by atoms with van der Waals surface area (Å²) in [5.74, 6) is 0.512. The molecule has 0 radical (unpaired) electrons. The molecule has 3 N–H and O–H groups in total. The molecule has 0 heterocycles. The Morgan fingerprint density at radius 1 is 1.29 bits per heavy atom. The highest BCUT2D eigenvalue weighted by atomic mass is 16.1. The van der Waals surface area contributed by atoms with Crippen molar-refractivity contribution in [1.29, 1.82) is 0 Å². The van der Waals surface area contributed by atoms with Crippen LogP contribution in [-0.2, 0) is 17.6 Å². The minimum Gasteiger partial charge on any atom is -0.368 e. The number of hydrogen-bond acceptors (Lipinski definition) is 2. The summed E-state index contributed by atoms with van der Waals surface area (Å²) in [6, 6.07) is 8.95. The Morgan fingerprint density at radius 3 is 2.24 bits per heavy atom. The van der Waals surface area contributed by atoms with Gasteiger partial charge >= 0.3 is 0 Å². The van der Waals surface area contributed by atoms with Crippen LogP contribution in [0.5, 0.6) is 0 Å². The third-order valence-corrected chi connectivity index (χ3v) is 5.71. The van der Waals surface area contributed by atoms with Crippen molar-refractivity contribution in [2.75, 3.05) is 0 Å². The van der Waals surface area contributed by atoms with Gasteiger partial charge in [-0.1, -0.05) is 31.2 Å². The maximum atomic E-state index is 12.5. The van der Waals surface area contributed by atoms with Crippen molar-refractivity contribution in [3.05, 3.63) is 35.4 Å². The zero-order valence-corrected chi connectivity index (χ0v) is 13.1. The van der Waals surface area contributed by atoms with E-state index in [2.05, 4.69) is 43.4 Å².